The lowest BCUT2D eigenvalue weighted by Gasteiger charge is -2.42. The van der Waals surface area contributed by atoms with Crippen molar-refractivity contribution in [1.29, 1.82) is 0 Å². The number of anilines is 3. The number of unbranched alkanes of at least 4 members (excludes halogenated alkanes) is 1. The van der Waals surface area contributed by atoms with E-state index < -0.39 is 0 Å². The molecule has 2 aromatic heterocycles. The predicted molar refractivity (Wildman–Crippen MR) is 341 cm³/mol. The van der Waals surface area contributed by atoms with Gasteiger partial charge in [0, 0.05) is 70.7 Å². The monoisotopic (exact) mass is 1120 g/mol. The molecule has 0 saturated carbocycles. The number of hydrogen-bond acceptors (Lipinski definition) is 2. The first-order chi connectivity index (χ1) is 37.9. The van der Waals surface area contributed by atoms with Crippen LogP contribution in [0.4, 0.5) is 17.1 Å². The van der Waals surface area contributed by atoms with Gasteiger partial charge >= 0.3 is 0 Å². The predicted octanol–water partition coefficient (Wildman–Crippen LogP) is 14.9. The Kier molecular flexibility index (Phi) is 9.89. The van der Waals surface area contributed by atoms with Crippen LogP contribution in [0.25, 0.3) is 77.2 Å². The number of aryl methyl sites for hydroxylation is 8. The van der Waals surface area contributed by atoms with Gasteiger partial charge in [0.15, 0.2) is 0 Å². The van der Waals surface area contributed by atoms with Crippen molar-refractivity contribution in [1.82, 2.24) is 9.13 Å². The summed E-state index contributed by atoms with van der Waals surface area (Å²) in [6.45, 7) is 17.9. The van der Waals surface area contributed by atoms with Gasteiger partial charge in [0.2, 0.25) is 0 Å². The molecule has 0 amide bonds. The minimum atomic E-state index is -0.0765. The Bertz CT molecular complexity index is 4690. The van der Waals surface area contributed by atoms with Crippen molar-refractivity contribution >= 4 is 129 Å². The highest BCUT2D eigenvalue weighted by molar-refractivity contribution is 14.1. The molecule has 0 atom stereocenters. The minimum absolute atomic E-state index is 0.0647. The van der Waals surface area contributed by atoms with E-state index in [0.29, 0.717) is 0 Å². The summed E-state index contributed by atoms with van der Waals surface area (Å²) < 4.78 is 14.1. The number of rotatable bonds is 6. The van der Waals surface area contributed by atoms with Gasteiger partial charge in [-0.25, -0.2) is 0 Å². The summed E-state index contributed by atoms with van der Waals surface area (Å²) in [7, 11) is 0. The Morgan fingerprint density at radius 3 is 1.81 bits per heavy atom. The fourth-order valence-corrected chi connectivity index (χ4v) is 15.1. The van der Waals surface area contributed by atoms with E-state index >= 15 is 0 Å². The van der Waals surface area contributed by atoms with Gasteiger partial charge in [0.25, 0.3) is 13.4 Å². The van der Waals surface area contributed by atoms with E-state index in [1.165, 1.54) is 177 Å². The molecule has 6 heterocycles. The molecule has 0 fully saturated rings. The van der Waals surface area contributed by atoms with E-state index in [9.17, 15) is 0 Å². The van der Waals surface area contributed by atoms with Crippen LogP contribution in [0.2, 0.25) is 0 Å². The van der Waals surface area contributed by atoms with E-state index in [4.69, 9.17) is 4.74 Å². The summed E-state index contributed by atoms with van der Waals surface area (Å²) >= 11 is 2.45. The quantitative estimate of drug-likeness (QED) is 0.122. The van der Waals surface area contributed by atoms with Crippen LogP contribution in [-0.2, 0) is 6.42 Å². The smallest absolute Gasteiger partial charge is 0.256 e. The van der Waals surface area contributed by atoms with Crippen LogP contribution in [0.15, 0.2) is 158 Å². The van der Waals surface area contributed by atoms with Gasteiger partial charge in [-0.1, -0.05) is 114 Å². The number of hydrogen-bond donors (Lipinski definition) is 0. The third-order valence-electron chi connectivity index (χ3n) is 18.1. The highest BCUT2D eigenvalue weighted by Crippen LogP contribution is 2.47. The van der Waals surface area contributed by atoms with E-state index in [-0.39, 0.29) is 13.4 Å². The SMILES string of the molecule is CCCCc1ccc2c(c1)c1ccc(C)c3c1n2-c1cc(-c2ccc(C)cc2C)cc2c1B3c1cc3c(cc1O2)N(c1ccc(I)cc1)c1cc(-c2ccc(C)cc2C)cc2c1B3c1cc(C)cc3c4cc(C)ccc4n-2c13. The fourth-order valence-electron chi connectivity index (χ4n) is 14.8. The second-order valence-electron chi connectivity index (χ2n) is 23.3. The van der Waals surface area contributed by atoms with E-state index in [2.05, 4.69) is 250 Å². The summed E-state index contributed by atoms with van der Waals surface area (Å²) in [5, 5.41) is 5.26. The van der Waals surface area contributed by atoms with Crippen molar-refractivity contribution < 1.29 is 4.74 Å². The van der Waals surface area contributed by atoms with Crippen molar-refractivity contribution in [2.45, 2.75) is 74.7 Å². The van der Waals surface area contributed by atoms with Crippen molar-refractivity contribution in [3.05, 3.63) is 206 Å². The van der Waals surface area contributed by atoms with Gasteiger partial charge in [0.05, 0.1) is 11.0 Å². The van der Waals surface area contributed by atoms with Gasteiger partial charge in [0.1, 0.15) is 11.5 Å². The van der Waals surface area contributed by atoms with Gasteiger partial charge in [-0.3, -0.25) is 0 Å². The summed E-state index contributed by atoms with van der Waals surface area (Å²) in [6.07, 6.45) is 3.43. The second kappa shape index (κ2) is 16.6. The molecule has 78 heavy (non-hydrogen) atoms. The van der Waals surface area contributed by atoms with E-state index in [0.717, 1.165) is 29.3 Å². The standard InChI is InChI=1S/C71H56B2IN3O/c1-9-10-11-45-16-25-60-54(31-45)52-23-15-42(6)67-71(52)77(60)64-34-47(51-22-13-39(3)27-44(51)8)35-66-69(64)73(67)57-36-56-61(37-65(57)78-66)75(49-19-17-48(74)18-20-49)62-32-46(50-21-12-38(2)26-43(50)7)33-63-68(62)72(56)58-30-41(5)29-55-53-28-40(4)14-24-59(53)76(63)70(55)58/h12-37H,9-11H2,1-8H3. The third kappa shape index (κ3) is 6.42. The van der Waals surface area contributed by atoms with Gasteiger partial charge < -0.3 is 18.8 Å². The zero-order valence-corrected chi connectivity index (χ0v) is 47.6. The molecule has 4 nitrogen and oxygen atoms in total. The highest BCUT2D eigenvalue weighted by atomic mass is 127. The van der Waals surface area contributed by atoms with Crippen LogP contribution in [0.5, 0.6) is 11.5 Å². The maximum atomic E-state index is 7.68. The summed E-state index contributed by atoms with van der Waals surface area (Å²) in [5.74, 6) is 1.84. The van der Waals surface area contributed by atoms with Crippen LogP contribution >= 0.6 is 22.6 Å². The molecule has 4 aliphatic heterocycles. The van der Waals surface area contributed by atoms with E-state index in [1.54, 1.807) is 0 Å². The molecule has 7 heteroatoms. The lowest BCUT2D eigenvalue weighted by atomic mass is 9.30. The maximum absolute atomic E-state index is 7.68. The first-order valence-corrected chi connectivity index (χ1v) is 29.0. The van der Waals surface area contributed by atoms with Crippen molar-refractivity contribution in [2.24, 2.45) is 0 Å². The van der Waals surface area contributed by atoms with Crippen LogP contribution in [-0.4, -0.2) is 22.6 Å². The molecule has 0 unspecified atom stereocenters. The second-order valence-corrected chi connectivity index (χ2v) is 24.5. The Morgan fingerprint density at radius 2 is 1.08 bits per heavy atom. The molecule has 12 aromatic rings. The topological polar surface area (TPSA) is 22.3 Å². The molecule has 0 saturated heterocycles. The van der Waals surface area contributed by atoms with Crippen LogP contribution in [0, 0.1) is 52.0 Å². The van der Waals surface area contributed by atoms with Gasteiger partial charge in [-0.15, -0.1) is 0 Å². The summed E-state index contributed by atoms with van der Waals surface area (Å²) in [4.78, 5) is 2.57. The van der Waals surface area contributed by atoms with Crippen molar-refractivity contribution in [3.63, 3.8) is 0 Å². The molecule has 16 rings (SSSR count). The Morgan fingerprint density at radius 1 is 0.436 bits per heavy atom. The Labute approximate surface area is 470 Å². The fraction of sp³-hybridized carbons (Fsp3) is 0.155. The molecule has 0 aliphatic carbocycles. The van der Waals surface area contributed by atoms with Crippen LogP contribution in [0.1, 0.15) is 64.3 Å². The largest absolute Gasteiger partial charge is 0.458 e. The number of halogens is 1. The molecule has 0 radical (unpaired) electrons. The molecule has 0 N–H and O–H groups in total. The number of benzene rings is 10. The van der Waals surface area contributed by atoms with Gasteiger partial charge in [-0.2, -0.15) is 0 Å². The minimum Gasteiger partial charge on any atom is -0.458 e. The molecule has 10 aromatic carbocycles. The zero-order valence-electron chi connectivity index (χ0n) is 45.4. The third-order valence-corrected chi connectivity index (χ3v) is 18.8. The molecule has 4 aliphatic rings. The Balaban J connectivity index is 1.03. The highest BCUT2D eigenvalue weighted by Gasteiger charge is 2.47. The summed E-state index contributed by atoms with van der Waals surface area (Å²) in [6, 6.07) is 61.8. The van der Waals surface area contributed by atoms with Crippen molar-refractivity contribution in [2.75, 3.05) is 4.90 Å². The Hall–Kier alpha value is -7.74. The molecule has 374 valence electrons. The average Bonchev–Trinajstić information content (AvgIpc) is 2.45. The van der Waals surface area contributed by atoms with Crippen LogP contribution in [0.3, 0.4) is 0 Å². The number of nitrogens with zero attached hydrogens (tertiary/aromatic N) is 3. The first kappa shape index (κ1) is 46.4. The molecule has 0 spiro atoms. The number of fused-ring (bicyclic) bond motifs is 14. The van der Waals surface area contributed by atoms with Gasteiger partial charge in [-0.05, 0) is 234 Å². The maximum Gasteiger partial charge on any atom is 0.256 e. The normalized spacial score (nSPS) is 13.4. The average molecular weight is 1120 g/mol. The van der Waals surface area contributed by atoms with Crippen LogP contribution < -0.4 is 42.4 Å². The number of ether oxygens (including phenoxy) is 1. The lowest BCUT2D eigenvalue weighted by molar-refractivity contribution is 0.487. The summed E-state index contributed by atoms with van der Waals surface area (Å²) in [5.41, 5.74) is 34.1. The van der Waals surface area contributed by atoms with Crippen molar-refractivity contribution in [3.8, 4) is 45.1 Å². The lowest BCUT2D eigenvalue weighted by Crippen LogP contribution is -2.64. The first-order valence-electron chi connectivity index (χ1n) is 28.0. The zero-order chi connectivity index (χ0) is 52.7. The molecule has 0 bridgehead atoms. The van der Waals surface area contributed by atoms with E-state index in [1.807, 2.05) is 0 Å². The number of aromatic nitrogens is 2. The molecular weight excluding hydrogens is 1060 g/mol. The molecular formula is C71H56B2IN3O.